The summed E-state index contributed by atoms with van der Waals surface area (Å²) in [6.07, 6.45) is 0. The van der Waals surface area contributed by atoms with Gasteiger partial charge >= 0.3 is 50.1 Å². The quantitative estimate of drug-likeness (QED) is 0.485. The Labute approximate surface area is 61.9 Å². The van der Waals surface area contributed by atoms with Crippen molar-refractivity contribution in [2.45, 2.75) is 6.92 Å². The Morgan fingerprint density at radius 2 is 1.80 bits per heavy atom. The van der Waals surface area contributed by atoms with Gasteiger partial charge in [-0.2, -0.15) is 0 Å². The minimum absolute atomic E-state index is 0. The largest absolute Gasteiger partial charge is 0.870 e. The van der Waals surface area contributed by atoms with Gasteiger partial charge in [0.05, 0.1) is 0 Å². The van der Waals surface area contributed by atoms with Gasteiger partial charge in [-0.25, -0.2) is 0 Å². The predicted molar refractivity (Wildman–Crippen MR) is 40.4 cm³/mol. The zero-order valence-electron chi connectivity index (χ0n) is 5.78. The van der Waals surface area contributed by atoms with Gasteiger partial charge in [0, 0.05) is 0 Å². The monoisotopic (exact) mass is 136 g/mol. The number of benzene rings is 1. The minimum atomic E-state index is 0. The normalized spacial score (nSPS) is 7.50. The van der Waals surface area contributed by atoms with Crippen molar-refractivity contribution in [1.29, 1.82) is 0 Å². The maximum absolute atomic E-state index is 5.46. The van der Waals surface area contributed by atoms with Crippen molar-refractivity contribution in [3.8, 4) is 0 Å². The summed E-state index contributed by atoms with van der Waals surface area (Å²) in [4.78, 5) is 0. The first-order chi connectivity index (χ1) is 3.79. The van der Waals surface area contributed by atoms with Crippen molar-refractivity contribution in [1.82, 2.24) is 0 Å². The van der Waals surface area contributed by atoms with Crippen molar-refractivity contribution < 1.29 is 11.0 Å². The Kier molecular flexibility index (Phi) is 6.00. The fraction of sp³-hybridized carbons (Fsp3) is 0.143. The van der Waals surface area contributed by atoms with Crippen molar-refractivity contribution in [2.75, 3.05) is 0 Å². The van der Waals surface area contributed by atoms with Gasteiger partial charge in [-0.3, -0.25) is 0 Å². The van der Waals surface area contributed by atoms with Crippen LogP contribution in [0.1, 0.15) is 5.56 Å². The van der Waals surface area contributed by atoms with Gasteiger partial charge in [0.25, 0.3) is 0 Å². The smallest absolute Gasteiger partial charge is 0.870 e. The van der Waals surface area contributed by atoms with Gasteiger partial charge in [0.15, 0.2) is 0 Å². The molecule has 0 heterocycles. The van der Waals surface area contributed by atoms with E-state index in [-0.39, 0.29) is 11.0 Å². The average Bonchev–Trinajstić information content (AvgIpc) is 1.64. The Bertz CT molecular complexity index is 171. The van der Waals surface area contributed by atoms with Crippen molar-refractivity contribution in [3.63, 3.8) is 0 Å². The molecular formula is C7H9BO2. The molecule has 0 unspecified atom stereocenters. The average molecular weight is 136 g/mol. The summed E-state index contributed by atoms with van der Waals surface area (Å²) < 4.78 is 0. The van der Waals surface area contributed by atoms with Gasteiger partial charge in [-0.05, 0) is 0 Å². The van der Waals surface area contributed by atoms with E-state index in [2.05, 4.69) is 0 Å². The SMILES string of the molecule is [B+2]c1cccc(C)c1.[OH-].[OH-]. The zero-order chi connectivity index (χ0) is 5.98. The Balaban J connectivity index is 0. The van der Waals surface area contributed by atoms with Crippen LogP contribution in [0.25, 0.3) is 0 Å². The maximum Gasteiger partial charge on any atom is -0.870 e. The molecule has 2 nitrogen and oxygen atoms in total. The van der Waals surface area contributed by atoms with Crippen LogP contribution in [0.15, 0.2) is 24.3 Å². The summed E-state index contributed by atoms with van der Waals surface area (Å²) in [7, 11) is 5.46. The van der Waals surface area contributed by atoms with Gasteiger partial charge in [-0.1, -0.05) is 0 Å². The molecule has 1 aromatic rings. The Morgan fingerprint density at radius 1 is 1.20 bits per heavy atom. The number of hydrogen-bond acceptors (Lipinski definition) is 2. The molecular weight excluding hydrogens is 127 g/mol. The molecule has 0 radical (unpaired) electrons. The van der Waals surface area contributed by atoms with Crippen LogP contribution in [-0.4, -0.2) is 18.8 Å². The van der Waals surface area contributed by atoms with Gasteiger partial charge in [0.2, 0.25) is 0 Å². The zero-order valence-corrected chi connectivity index (χ0v) is 5.78. The summed E-state index contributed by atoms with van der Waals surface area (Å²) in [5.74, 6) is 0. The summed E-state index contributed by atoms with van der Waals surface area (Å²) >= 11 is 0. The molecule has 0 bridgehead atoms. The molecule has 0 atom stereocenters. The molecule has 52 valence electrons. The molecule has 2 N–H and O–H groups in total. The van der Waals surface area contributed by atoms with Crippen LogP contribution < -0.4 is 5.46 Å². The summed E-state index contributed by atoms with van der Waals surface area (Å²) in [5.41, 5.74) is 2.05. The second kappa shape index (κ2) is 5.03. The van der Waals surface area contributed by atoms with Gasteiger partial charge in [-0.15, -0.1) is 0 Å². The Morgan fingerprint density at radius 3 is 2.10 bits per heavy atom. The van der Waals surface area contributed by atoms with Gasteiger partial charge < -0.3 is 11.0 Å². The van der Waals surface area contributed by atoms with Crippen LogP contribution >= 0.6 is 0 Å². The molecule has 0 fully saturated rings. The molecule has 0 aliphatic carbocycles. The van der Waals surface area contributed by atoms with Gasteiger partial charge in [0.1, 0.15) is 0 Å². The number of hydrogen-bond donors (Lipinski definition) is 0. The van der Waals surface area contributed by atoms with E-state index in [1.54, 1.807) is 0 Å². The first-order valence-electron chi connectivity index (χ1n) is 2.61. The van der Waals surface area contributed by atoms with E-state index in [1.807, 2.05) is 31.2 Å². The molecule has 0 saturated carbocycles. The molecule has 1 rings (SSSR count). The van der Waals surface area contributed by atoms with E-state index >= 15 is 0 Å². The van der Waals surface area contributed by atoms with E-state index in [0.717, 1.165) is 5.46 Å². The fourth-order valence-corrected chi connectivity index (χ4v) is 0.670. The first-order valence-corrected chi connectivity index (χ1v) is 2.61. The molecule has 0 saturated heterocycles. The molecule has 0 amide bonds. The van der Waals surface area contributed by atoms with Crippen molar-refractivity contribution >= 4 is 13.3 Å². The molecule has 0 aromatic heterocycles. The second-order valence-electron chi connectivity index (χ2n) is 1.91. The third kappa shape index (κ3) is 3.27. The van der Waals surface area contributed by atoms with Crippen LogP contribution in [0.3, 0.4) is 0 Å². The van der Waals surface area contributed by atoms with Crippen LogP contribution in [-0.2, 0) is 0 Å². The molecule has 0 aliphatic rings. The number of rotatable bonds is 0. The predicted octanol–water partition coefficient (Wildman–Crippen LogP) is 0.435. The fourth-order valence-electron chi connectivity index (χ4n) is 0.670. The minimum Gasteiger partial charge on any atom is -0.870 e. The first kappa shape index (κ1) is 11.9. The van der Waals surface area contributed by atoms with E-state index in [1.165, 1.54) is 5.56 Å². The van der Waals surface area contributed by atoms with Crippen LogP contribution in [0.2, 0.25) is 0 Å². The second-order valence-corrected chi connectivity index (χ2v) is 1.91. The summed E-state index contributed by atoms with van der Waals surface area (Å²) in [6.45, 7) is 2.02. The van der Waals surface area contributed by atoms with Crippen LogP contribution in [0.5, 0.6) is 0 Å². The van der Waals surface area contributed by atoms with Crippen LogP contribution in [0, 0.1) is 6.92 Å². The molecule has 0 spiro atoms. The summed E-state index contributed by atoms with van der Waals surface area (Å²) in [5, 5.41) is 0. The van der Waals surface area contributed by atoms with E-state index in [9.17, 15) is 0 Å². The van der Waals surface area contributed by atoms with Crippen molar-refractivity contribution in [3.05, 3.63) is 29.8 Å². The summed E-state index contributed by atoms with van der Waals surface area (Å²) in [6, 6.07) is 7.80. The third-order valence-corrected chi connectivity index (χ3v) is 1.04. The topological polar surface area (TPSA) is 60.0 Å². The third-order valence-electron chi connectivity index (χ3n) is 1.04. The molecule has 0 aliphatic heterocycles. The van der Waals surface area contributed by atoms with Crippen molar-refractivity contribution in [2.24, 2.45) is 0 Å². The Hall–Kier alpha value is -0.795. The molecule has 10 heavy (non-hydrogen) atoms. The molecule has 3 heteroatoms. The molecule has 1 aromatic carbocycles. The maximum atomic E-state index is 5.46. The standard InChI is InChI=1S/C7H7B.2H2O/c1-6-3-2-4-7(8)5-6;;/h2-5H,1H3;2*1H2/q+2;;/p-2. The van der Waals surface area contributed by atoms with Crippen LogP contribution in [0.4, 0.5) is 0 Å². The van der Waals surface area contributed by atoms with E-state index in [0.29, 0.717) is 0 Å². The van der Waals surface area contributed by atoms with E-state index < -0.39 is 0 Å². The van der Waals surface area contributed by atoms with E-state index in [4.69, 9.17) is 7.85 Å². The number of aryl methyl sites for hydroxylation is 1.